The van der Waals surface area contributed by atoms with Crippen molar-refractivity contribution in [3.05, 3.63) is 65.2 Å². The summed E-state index contributed by atoms with van der Waals surface area (Å²) in [4.78, 5) is 40.6. The first-order valence-corrected chi connectivity index (χ1v) is 11.3. The molecule has 0 aliphatic heterocycles. The van der Waals surface area contributed by atoms with Crippen molar-refractivity contribution in [3.8, 4) is 0 Å². The SMILES string of the molecule is CC(=O)SC[C@@H](Cc1ccccc1)C(=O)N[C@@H](Cc1nc2ccccc2s1)C(=O)O. The Bertz CT molecular complexity index is 1000. The number of carbonyl (C=O) groups is 3. The maximum atomic E-state index is 12.9. The molecule has 0 radical (unpaired) electrons. The van der Waals surface area contributed by atoms with E-state index in [2.05, 4.69) is 10.3 Å². The van der Waals surface area contributed by atoms with Crippen LogP contribution < -0.4 is 5.32 Å². The van der Waals surface area contributed by atoms with Crippen molar-refractivity contribution in [3.63, 3.8) is 0 Å². The predicted molar refractivity (Wildman–Crippen MR) is 120 cm³/mol. The first-order valence-electron chi connectivity index (χ1n) is 9.47. The molecule has 1 aromatic heterocycles. The minimum absolute atomic E-state index is 0.0786. The number of aromatic nitrogens is 1. The van der Waals surface area contributed by atoms with Crippen molar-refractivity contribution in [1.29, 1.82) is 0 Å². The minimum Gasteiger partial charge on any atom is -0.480 e. The standard InChI is InChI=1S/C22H22N2O4S2/c1-14(25)29-13-16(11-15-7-3-2-4-8-15)21(26)24-18(22(27)28)12-20-23-17-9-5-6-10-19(17)30-20/h2-10,16,18H,11-13H2,1H3,(H,24,26)(H,27,28)/t16-,18+/m1/s1. The maximum Gasteiger partial charge on any atom is 0.326 e. The molecule has 8 heteroatoms. The van der Waals surface area contributed by atoms with Crippen molar-refractivity contribution in [2.75, 3.05) is 5.75 Å². The van der Waals surface area contributed by atoms with Crippen LogP contribution >= 0.6 is 23.1 Å². The number of hydrogen-bond acceptors (Lipinski definition) is 6. The van der Waals surface area contributed by atoms with Crippen molar-refractivity contribution in [2.45, 2.75) is 25.8 Å². The summed E-state index contributed by atoms with van der Waals surface area (Å²) >= 11 is 2.49. The summed E-state index contributed by atoms with van der Waals surface area (Å²) in [6.07, 6.45) is 0.540. The second-order valence-corrected chi connectivity index (χ2v) is 9.18. The van der Waals surface area contributed by atoms with E-state index < -0.39 is 17.9 Å². The van der Waals surface area contributed by atoms with Crippen molar-refractivity contribution in [2.24, 2.45) is 5.92 Å². The summed E-state index contributed by atoms with van der Waals surface area (Å²) in [5.74, 6) is -1.70. The number of nitrogens with one attached hydrogen (secondary N) is 1. The zero-order chi connectivity index (χ0) is 21.5. The van der Waals surface area contributed by atoms with Gasteiger partial charge in [0.25, 0.3) is 0 Å². The fourth-order valence-corrected chi connectivity index (χ4v) is 4.73. The quantitative estimate of drug-likeness (QED) is 0.526. The minimum atomic E-state index is -1.11. The third-order valence-electron chi connectivity index (χ3n) is 4.52. The van der Waals surface area contributed by atoms with Crippen LogP contribution in [0.4, 0.5) is 0 Å². The van der Waals surface area contributed by atoms with Gasteiger partial charge in [-0.1, -0.05) is 54.2 Å². The number of aliphatic carboxylic acids is 1. The summed E-state index contributed by atoms with van der Waals surface area (Å²) < 4.78 is 0.975. The molecule has 2 N–H and O–H groups in total. The Morgan fingerprint density at radius 2 is 1.77 bits per heavy atom. The molecule has 3 aromatic rings. The summed E-state index contributed by atoms with van der Waals surface area (Å²) in [6, 6.07) is 16.0. The van der Waals surface area contributed by atoms with Gasteiger partial charge in [-0.05, 0) is 24.1 Å². The Morgan fingerprint density at radius 3 is 2.43 bits per heavy atom. The number of rotatable bonds is 9. The second kappa shape index (κ2) is 10.4. The van der Waals surface area contributed by atoms with Crippen LogP contribution in [0.2, 0.25) is 0 Å². The highest BCUT2D eigenvalue weighted by atomic mass is 32.2. The lowest BCUT2D eigenvalue weighted by molar-refractivity contribution is -0.142. The van der Waals surface area contributed by atoms with Gasteiger partial charge in [0.05, 0.1) is 21.1 Å². The van der Waals surface area contributed by atoms with E-state index in [9.17, 15) is 19.5 Å². The van der Waals surface area contributed by atoms with Gasteiger partial charge >= 0.3 is 5.97 Å². The summed E-state index contributed by atoms with van der Waals surface area (Å²) in [5, 5.41) is 12.9. The van der Waals surface area contributed by atoms with E-state index >= 15 is 0 Å². The largest absolute Gasteiger partial charge is 0.480 e. The van der Waals surface area contributed by atoms with Crippen LogP contribution in [0.1, 0.15) is 17.5 Å². The highest BCUT2D eigenvalue weighted by molar-refractivity contribution is 8.13. The van der Waals surface area contributed by atoms with Crippen LogP contribution in [-0.2, 0) is 27.2 Å². The molecule has 0 bridgehead atoms. The third-order valence-corrected chi connectivity index (χ3v) is 6.55. The van der Waals surface area contributed by atoms with Crippen molar-refractivity contribution >= 4 is 50.3 Å². The molecule has 0 fully saturated rings. The zero-order valence-electron chi connectivity index (χ0n) is 16.4. The number of thiazole rings is 1. The Labute approximate surface area is 182 Å². The fourth-order valence-electron chi connectivity index (χ4n) is 3.02. The van der Waals surface area contributed by atoms with Gasteiger partial charge in [0.2, 0.25) is 5.91 Å². The molecule has 3 rings (SSSR count). The highest BCUT2D eigenvalue weighted by Gasteiger charge is 2.27. The number of fused-ring (bicyclic) bond motifs is 1. The van der Waals surface area contributed by atoms with E-state index in [0.717, 1.165) is 27.5 Å². The third kappa shape index (κ3) is 6.14. The van der Waals surface area contributed by atoms with Gasteiger partial charge in [0.1, 0.15) is 6.04 Å². The van der Waals surface area contributed by atoms with E-state index in [-0.39, 0.29) is 17.4 Å². The van der Waals surface area contributed by atoms with Crippen LogP contribution in [0.5, 0.6) is 0 Å². The van der Waals surface area contributed by atoms with Gasteiger partial charge in [-0.3, -0.25) is 9.59 Å². The molecule has 0 saturated carbocycles. The molecule has 0 aliphatic rings. The predicted octanol–water partition coefficient (Wildman–Crippen LogP) is 3.55. The monoisotopic (exact) mass is 442 g/mol. The fraction of sp³-hybridized carbons (Fsp3) is 0.273. The number of amides is 1. The van der Waals surface area contributed by atoms with E-state index in [0.29, 0.717) is 17.2 Å². The molecule has 1 heterocycles. The van der Waals surface area contributed by atoms with Gasteiger partial charge in [0.15, 0.2) is 5.12 Å². The Kier molecular flexibility index (Phi) is 7.59. The molecule has 0 spiro atoms. The second-order valence-electron chi connectivity index (χ2n) is 6.87. The van der Waals surface area contributed by atoms with Gasteiger partial charge in [-0.2, -0.15) is 0 Å². The average molecular weight is 443 g/mol. The number of nitrogens with zero attached hydrogens (tertiary/aromatic N) is 1. The van der Waals surface area contributed by atoms with E-state index in [1.165, 1.54) is 18.3 Å². The molecule has 30 heavy (non-hydrogen) atoms. The molecule has 0 saturated heterocycles. The zero-order valence-corrected chi connectivity index (χ0v) is 18.0. The molecule has 6 nitrogen and oxygen atoms in total. The number of carbonyl (C=O) groups excluding carboxylic acids is 2. The Balaban J connectivity index is 1.72. The van der Waals surface area contributed by atoms with Crippen LogP contribution in [0.15, 0.2) is 54.6 Å². The lowest BCUT2D eigenvalue weighted by Gasteiger charge is -2.19. The first kappa shape index (κ1) is 22.0. The molecule has 2 aromatic carbocycles. The van der Waals surface area contributed by atoms with E-state index in [1.54, 1.807) is 0 Å². The molecular weight excluding hydrogens is 420 g/mol. The lowest BCUT2D eigenvalue weighted by Crippen LogP contribution is -2.46. The highest BCUT2D eigenvalue weighted by Crippen LogP contribution is 2.23. The van der Waals surface area contributed by atoms with Gasteiger partial charge in [-0.25, -0.2) is 9.78 Å². The Hall–Kier alpha value is -2.71. The first-order chi connectivity index (χ1) is 14.4. The smallest absolute Gasteiger partial charge is 0.326 e. The molecule has 1 amide bonds. The number of carboxylic acid groups (broad SMARTS) is 1. The summed E-state index contributed by atoms with van der Waals surface area (Å²) in [6.45, 7) is 1.45. The average Bonchev–Trinajstić information content (AvgIpc) is 3.13. The van der Waals surface area contributed by atoms with Gasteiger partial charge in [-0.15, -0.1) is 11.3 Å². The number of carboxylic acids is 1. The normalized spacial score (nSPS) is 13.0. The number of benzene rings is 2. The number of hydrogen-bond donors (Lipinski definition) is 2. The maximum absolute atomic E-state index is 12.9. The van der Waals surface area contributed by atoms with Crippen LogP contribution in [-0.4, -0.2) is 38.9 Å². The topological polar surface area (TPSA) is 96.4 Å². The molecule has 0 aliphatic carbocycles. The van der Waals surface area contributed by atoms with Crippen LogP contribution in [0, 0.1) is 5.92 Å². The van der Waals surface area contributed by atoms with E-state index in [4.69, 9.17) is 0 Å². The number of thioether (sulfide) groups is 1. The van der Waals surface area contributed by atoms with Crippen molar-refractivity contribution < 1.29 is 19.5 Å². The molecule has 0 unspecified atom stereocenters. The molecule has 156 valence electrons. The van der Waals surface area contributed by atoms with Gasteiger partial charge < -0.3 is 10.4 Å². The van der Waals surface area contributed by atoms with Crippen LogP contribution in [0.25, 0.3) is 10.2 Å². The van der Waals surface area contributed by atoms with E-state index in [1.807, 2.05) is 54.6 Å². The van der Waals surface area contributed by atoms with Gasteiger partial charge in [0, 0.05) is 19.1 Å². The lowest BCUT2D eigenvalue weighted by atomic mass is 9.99. The Morgan fingerprint density at radius 1 is 1.07 bits per heavy atom. The molecular formula is C22H22N2O4S2. The number of para-hydroxylation sites is 1. The summed E-state index contributed by atoms with van der Waals surface area (Å²) in [7, 11) is 0. The summed E-state index contributed by atoms with van der Waals surface area (Å²) in [5.41, 5.74) is 1.77. The van der Waals surface area contributed by atoms with Crippen molar-refractivity contribution in [1.82, 2.24) is 10.3 Å². The van der Waals surface area contributed by atoms with Crippen LogP contribution in [0.3, 0.4) is 0 Å². The molecule has 2 atom stereocenters.